The topological polar surface area (TPSA) is 101 Å². The molecule has 1 N–H and O–H groups in total. The van der Waals surface area contributed by atoms with E-state index in [1.165, 1.54) is 28.6 Å². The summed E-state index contributed by atoms with van der Waals surface area (Å²) in [5.74, 6) is -0.468. The predicted molar refractivity (Wildman–Crippen MR) is 110 cm³/mol. The maximum absolute atomic E-state index is 13.0. The van der Waals surface area contributed by atoms with Gasteiger partial charge in [0.1, 0.15) is 11.4 Å². The Hall–Kier alpha value is -2.71. The van der Waals surface area contributed by atoms with E-state index in [1.807, 2.05) is 26.0 Å². The Morgan fingerprint density at radius 2 is 1.73 bits per heavy atom. The second-order valence-corrected chi connectivity index (χ2v) is 10.0. The lowest BCUT2D eigenvalue weighted by Crippen LogP contribution is -2.52. The lowest BCUT2D eigenvalue weighted by Gasteiger charge is -2.44. The van der Waals surface area contributed by atoms with E-state index in [4.69, 9.17) is 9.84 Å². The van der Waals surface area contributed by atoms with Gasteiger partial charge < -0.3 is 9.84 Å². The van der Waals surface area contributed by atoms with Gasteiger partial charge in [0.25, 0.3) is 0 Å². The van der Waals surface area contributed by atoms with Crippen LogP contribution in [-0.2, 0) is 10.0 Å². The van der Waals surface area contributed by atoms with E-state index >= 15 is 0 Å². The molecule has 1 spiro atoms. The van der Waals surface area contributed by atoms with Gasteiger partial charge in [-0.3, -0.25) is 4.79 Å². The highest BCUT2D eigenvalue weighted by atomic mass is 32.2. The van der Waals surface area contributed by atoms with Crippen molar-refractivity contribution in [2.45, 2.75) is 43.6 Å². The number of sulfonamides is 1. The molecule has 158 valence electrons. The lowest BCUT2D eigenvalue weighted by molar-refractivity contribution is 0.00532. The number of carbonyl (C=O) groups is 2. The van der Waals surface area contributed by atoms with Crippen molar-refractivity contribution in [3.63, 3.8) is 0 Å². The summed E-state index contributed by atoms with van der Waals surface area (Å²) in [5, 5.41) is 8.99. The summed E-state index contributed by atoms with van der Waals surface area (Å²) in [7, 11) is -3.75. The Balaban J connectivity index is 1.53. The molecule has 0 amide bonds. The van der Waals surface area contributed by atoms with Crippen LogP contribution in [0.15, 0.2) is 41.3 Å². The molecule has 0 aliphatic carbocycles. The van der Waals surface area contributed by atoms with Gasteiger partial charge in [-0.15, -0.1) is 0 Å². The van der Waals surface area contributed by atoms with Crippen molar-refractivity contribution in [3.05, 3.63) is 58.7 Å². The van der Waals surface area contributed by atoms with Gasteiger partial charge >= 0.3 is 5.97 Å². The number of hydrogen-bond donors (Lipinski definition) is 1. The number of Topliss-reactive ketones (excluding diaryl/α,β-unsaturated/α-hetero) is 1. The van der Waals surface area contributed by atoms with Gasteiger partial charge in [-0.25, -0.2) is 13.2 Å². The van der Waals surface area contributed by atoms with E-state index in [2.05, 4.69) is 0 Å². The molecule has 0 unspecified atom stereocenters. The van der Waals surface area contributed by atoms with Crippen LogP contribution >= 0.6 is 0 Å². The van der Waals surface area contributed by atoms with Gasteiger partial charge in [-0.2, -0.15) is 4.31 Å². The van der Waals surface area contributed by atoms with E-state index in [-0.39, 0.29) is 35.8 Å². The SMILES string of the molecule is Cc1cc(C)c2c(c1)C(=O)CC1(CCN(S(=O)(=O)c3ccc(C(=O)O)cc3)CC1)O2. The van der Waals surface area contributed by atoms with Crippen molar-refractivity contribution in [2.75, 3.05) is 13.1 Å². The molecule has 2 aromatic carbocycles. The maximum atomic E-state index is 13.0. The number of aromatic carboxylic acids is 1. The molecule has 30 heavy (non-hydrogen) atoms. The third-order valence-electron chi connectivity index (χ3n) is 5.89. The first-order valence-corrected chi connectivity index (χ1v) is 11.2. The standard InChI is InChI=1S/C22H23NO6S/c1-14-11-15(2)20-18(12-14)19(24)13-22(29-20)7-9-23(10-8-22)30(27,28)17-5-3-16(4-6-17)21(25)26/h3-6,11-12H,7-10,13H2,1-2H3,(H,25,26). The molecule has 2 heterocycles. The number of rotatable bonds is 3. The Morgan fingerprint density at radius 1 is 1.10 bits per heavy atom. The van der Waals surface area contributed by atoms with Gasteiger partial charge in [-0.05, 0) is 55.3 Å². The van der Waals surface area contributed by atoms with Crippen LogP contribution < -0.4 is 4.74 Å². The quantitative estimate of drug-likeness (QED) is 0.804. The fraction of sp³-hybridized carbons (Fsp3) is 0.364. The molecule has 2 aromatic rings. The largest absolute Gasteiger partial charge is 0.486 e. The van der Waals surface area contributed by atoms with Crippen LogP contribution in [-0.4, -0.2) is 48.3 Å². The summed E-state index contributed by atoms with van der Waals surface area (Å²) in [4.78, 5) is 23.8. The number of carboxylic acids is 1. The summed E-state index contributed by atoms with van der Waals surface area (Å²) < 4.78 is 33.6. The normalized spacial score (nSPS) is 18.7. The number of carboxylic acid groups (broad SMARTS) is 1. The summed E-state index contributed by atoms with van der Waals surface area (Å²) in [6.45, 7) is 4.32. The number of ether oxygens (including phenoxy) is 1. The van der Waals surface area contributed by atoms with E-state index in [0.29, 0.717) is 24.2 Å². The molecule has 1 saturated heterocycles. The molecular formula is C22H23NO6S. The predicted octanol–water partition coefficient (Wildman–Crippen LogP) is 3.19. The van der Waals surface area contributed by atoms with Crippen molar-refractivity contribution < 1.29 is 27.9 Å². The first-order chi connectivity index (χ1) is 14.1. The molecule has 4 rings (SSSR count). The fourth-order valence-corrected chi connectivity index (χ4v) is 5.71. The van der Waals surface area contributed by atoms with Crippen LogP contribution in [0.2, 0.25) is 0 Å². The number of ketones is 1. The Bertz CT molecular complexity index is 1130. The van der Waals surface area contributed by atoms with E-state index in [1.54, 1.807) is 0 Å². The third-order valence-corrected chi connectivity index (χ3v) is 7.81. The Kier molecular flexibility index (Phi) is 4.94. The summed E-state index contributed by atoms with van der Waals surface area (Å²) >= 11 is 0. The summed E-state index contributed by atoms with van der Waals surface area (Å²) in [6.07, 6.45) is 1.07. The number of benzene rings is 2. The average molecular weight is 429 g/mol. The molecule has 0 bridgehead atoms. The van der Waals surface area contributed by atoms with Crippen molar-refractivity contribution in [2.24, 2.45) is 0 Å². The highest BCUT2D eigenvalue weighted by molar-refractivity contribution is 7.89. The monoisotopic (exact) mass is 429 g/mol. The number of aryl methyl sites for hydroxylation is 2. The van der Waals surface area contributed by atoms with Crippen molar-refractivity contribution in [1.82, 2.24) is 4.31 Å². The molecule has 2 aliphatic rings. The molecule has 0 atom stereocenters. The van der Waals surface area contributed by atoms with Crippen molar-refractivity contribution in [3.8, 4) is 5.75 Å². The number of nitrogens with zero attached hydrogens (tertiary/aromatic N) is 1. The van der Waals surface area contributed by atoms with Gasteiger partial charge in [0.05, 0.1) is 22.4 Å². The molecule has 0 radical (unpaired) electrons. The highest BCUT2D eigenvalue weighted by Crippen LogP contribution is 2.42. The first kappa shape index (κ1) is 20.6. The van der Waals surface area contributed by atoms with Crippen LogP contribution in [0.4, 0.5) is 0 Å². The number of fused-ring (bicyclic) bond motifs is 1. The zero-order valence-corrected chi connectivity index (χ0v) is 17.7. The van der Waals surface area contributed by atoms with Crippen molar-refractivity contribution >= 4 is 21.8 Å². The number of carbonyl (C=O) groups excluding carboxylic acids is 1. The zero-order chi connectivity index (χ0) is 21.7. The molecule has 2 aliphatic heterocycles. The first-order valence-electron chi connectivity index (χ1n) is 9.78. The molecular weight excluding hydrogens is 406 g/mol. The average Bonchev–Trinajstić information content (AvgIpc) is 2.69. The van der Waals surface area contributed by atoms with Gasteiger partial charge in [0, 0.05) is 25.9 Å². The summed E-state index contributed by atoms with van der Waals surface area (Å²) in [5.41, 5.74) is 1.86. The third kappa shape index (κ3) is 3.50. The molecule has 0 aromatic heterocycles. The maximum Gasteiger partial charge on any atom is 0.335 e. The smallest absolute Gasteiger partial charge is 0.335 e. The van der Waals surface area contributed by atoms with Gasteiger partial charge in [-0.1, -0.05) is 6.07 Å². The van der Waals surface area contributed by atoms with Crippen LogP contribution in [0.3, 0.4) is 0 Å². The zero-order valence-electron chi connectivity index (χ0n) is 16.8. The highest BCUT2D eigenvalue weighted by Gasteiger charge is 2.45. The van der Waals surface area contributed by atoms with Crippen LogP contribution in [0, 0.1) is 13.8 Å². The van der Waals surface area contributed by atoms with Crippen LogP contribution in [0.1, 0.15) is 51.1 Å². The van der Waals surface area contributed by atoms with Gasteiger partial charge in [0.15, 0.2) is 5.78 Å². The van der Waals surface area contributed by atoms with Gasteiger partial charge in [0.2, 0.25) is 10.0 Å². The second-order valence-electron chi connectivity index (χ2n) is 8.08. The minimum absolute atomic E-state index is 0.0311. The molecule has 0 saturated carbocycles. The Morgan fingerprint density at radius 3 is 2.33 bits per heavy atom. The minimum Gasteiger partial charge on any atom is -0.486 e. The minimum atomic E-state index is -3.75. The molecule has 8 heteroatoms. The summed E-state index contributed by atoms with van der Waals surface area (Å²) in [6, 6.07) is 9.01. The lowest BCUT2D eigenvalue weighted by atomic mass is 9.82. The van der Waals surface area contributed by atoms with Crippen molar-refractivity contribution in [1.29, 1.82) is 0 Å². The molecule has 7 nitrogen and oxygen atoms in total. The van der Waals surface area contributed by atoms with E-state index < -0.39 is 21.6 Å². The number of piperidine rings is 1. The molecule has 1 fully saturated rings. The van der Waals surface area contributed by atoms with Crippen LogP contribution in [0.5, 0.6) is 5.75 Å². The van der Waals surface area contributed by atoms with E-state index in [0.717, 1.165) is 11.1 Å². The van der Waals surface area contributed by atoms with E-state index in [9.17, 15) is 18.0 Å². The Labute approximate surface area is 175 Å². The fourth-order valence-electron chi connectivity index (χ4n) is 4.27. The second kappa shape index (κ2) is 7.21. The van der Waals surface area contributed by atoms with Crippen LogP contribution in [0.25, 0.3) is 0 Å². The number of hydrogen-bond acceptors (Lipinski definition) is 5.